The summed E-state index contributed by atoms with van der Waals surface area (Å²) in [4.78, 5) is 2.27. The molecule has 0 amide bonds. The number of hydrogen-bond acceptors (Lipinski definition) is 2. The van der Waals surface area contributed by atoms with Gasteiger partial charge in [0.2, 0.25) is 0 Å². The highest BCUT2D eigenvalue weighted by Crippen LogP contribution is 2.10. The summed E-state index contributed by atoms with van der Waals surface area (Å²) in [6.45, 7) is 8.13. The molecule has 2 N–H and O–H groups in total. The van der Waals surface area contributed by atoms with Crippen molar-refractivity contribution in [3.63, 3.8) is 0 Å². The van der Waals surface area contributed by atoms with Gasteiger partial charge in [-0.25, -0.2) is 0 Å². The number of halogens is 1. The molecule has 0 saturated heterocycles. The Bertz CT molecular complexity index is 318. The lowest BCUT2D eigenvalue weighted by Gasteiger charge is -2.26. The Kier molecular flexibility index (Phi) is 6.01. The van der Waals surface area contributed by atoms with Gasteiger partial charge in [0.05, 0.1) is 0 Å². The fourth-order valence-electron chi connectivity index (χ4n) is 1.83. The predicted octanol–water partition coefficient (Wildman–Crippen LogP) is 2.59. The molecule has 3 heteroatoms. The van der Waals surface area contributed by atoms with Crippen molar-refractivity contribution in [1.82, 2.24) is 4.90 Å². The molecule has 0 aliphatic heterocycles. The highest BCUT2D eigenvalue weighted by atomic mass is 35.5. The van der Waals surface area contributed by atoms with Crippen molar-refractivity contribution in [1.29, 1.82) is 0 Å². The highest BCUT2D eigenvalue weighted by Gasteiger charge is 2.14. The quantitative estimate of drug-likeness (QED) is 0.880. The number of rotatable bonds is 4. The lowest BCUT2D eigenvalue weighted by atomic mass is 10.1. The van der Waals surface area contributed by atoms with E-state index in [2.05, 4.69) is 57.0 Å². The Labute approximate surface area is 105 Å². The Morgan fingerprint density at radius 3 is 2.31 bits per heavy atom. The van der Waals surface area contributed by atoms with Crippen LogP contribution in [-0.2, 0) is 6.54 Å². The molecule has 92 valence electrons. The first-order valence-corrected chi connectivity index (χ1v) is 5.40. The molecule has 0 heterocycles. The minimum Gasteiger partial charge on any atom is -0.324 e. The third kappa shape index (κ3) is 5.50. The van der Waals surface area contributed by atoms with Gasteiger partial charge < -0.3 is 10.6 Å². The summed E-state index contributed by atoms with van der Waals surface area (Å²) in [5.41, 5.74) is 8.58. The van der Waals surface area contributed by atoms with Gasteiger partial charge in [0, 0.05) is 18.6 Å². The molecule has 0 aliphatic rings. The normalized spacial score (nSPS) is 11.4. The molecule has 2 nitrogen and oxygen atoms in total. The van der Waals surface area contributed by atoms with E-state index >= 15 is 0 Å². The third-order valence-corrected chi connectivity index (χ3v) is 2.38. The van der Waals surface area contributed by atoms with Crippen molar-refractivity contribution in [2.45, 2.75) is 32.9 Å². The van der Waals surface area contributed by atoms with Crippen LogP contribution in [0.1, 0.15) is 25.0 Å². The zero-order chi connectivity index (χ0) is 11.5. The third-order valence-electron chi connectivity index (χ3n) is 2.38. The number of likely N-dealkylation sites (N-methyl/N-ethyl adjacent to an activating group) is 1. The van der Waals surface area contributed by atoms with Gasteiger partial charge in [-0.2, -0.15) is 0 Å². The van der Waals surface area contributed by atoms with Crippen LogP contribution in [0.4, 0.5) is 0 Å². The molecule has 1 aromatic carbocycles. The summed E-state index contributed by atoms with van der Waals surface area (Å²) in [5.74, 6) is 0. The van der Waals surface area contributed by atoms with Gasteiger partial charge in [0.15, 0.2) is 0 Å². The van der Waals surface area contributed by atoms with Gasteiger partial charge >= 0.3 is 0 Å². The zero-order valence-electron chi connectivity index (χ0n) is 10.7. The molecule has 0 atom stereocenters. The van der Waals surface area contributed by atoms with Crippen LogP contribution >= 0.6 is 12.4 Å². The minimum atomic E-state index is -0.128. The van der Waals surface area contributed by atoms with E-state index in [9.17, 15) is 0 Å². The van der Waals surface area contributed by atoms with Gasteiger partial charge in [-0.15, -0.1) is 12.4 Å². The number of hydrogen-bond donors (Lipinski definition) is 1. The maximum Gasteiger partial charge on any atom is 0.0234 e. The molecule has 0 aromatic heterocycles. The van der Waals surface area contributed by atoms with Crippen molar-refractivity contribution in [2.24, 2.45) is 5.73 Å². The largest absolute Gasteiger partial charge is 0.324 e. The Morgan fingerprint density at radius 2 is 1.81 bits per heavy atom. The summed E-state index contributed by atoms with van der Waals surface area (Å²) in [6.07, 6.45) is 0. The number of benzene rings is 1. The van der Waals surface area contributed by atoms with Gasteiger partial charge in [-0.1, -0.05) is 24.3 Å². The molecular weight excluding hydrogens is 220 g/mol. The van der Waals surface area contributed by atoms with Crippen LogP contribution in [0.3, 0.4) is 0 Å². The topological polar surface area (TPSA) is 29.3 Å². The van der Waals surface area contributed by atoms with E-state index in [1.165, 1.54) is 11.1 Å². The summed E-state index contributed by atoms with van der Waals surface area (Å²) in [5, 5.41) is 0. The molecule has 1 rings (SSSR count). The first-order valence-electron chi connectivity index (χ1n) is 5.40. The van der Waals surface area contributed by atoms with E-state index in [-0.39, 0.29) is 17.9 Å². The molecule has 0 radical (unpaired) electrons. The van der Waals surface area contributed by atoms with Gasteiger partial charge in [-0.05, 0) is 38.9 Å². The second kappa shape index (κ2) is 6.24. The average Bonchev–Trinajstić information content (AvgIpc) is 2.05. The fourth-order valence-corrected chi connectivity index (χ4v) is 1.83. The smallest absolute Gasteiger partial charge is 0.0234 e. The van der Waals surface area contributed by atoms with Crippen LogP contribution in [0.5, 0.6) is 0 Å². The molecule has 0 spiro atoms. The van der Waals surface area contributed by atoms with E-state index in [0.29, 0.717) is 0 Å². The number of nitrogens with two attached hydrogens (primary N) is 1. The summed E-state index contributed by atoms with van der Waals surface area (Å²) < 4.78 is 0. The monoisotopic (exact) mass is 242 g/mol. The molecule has 0 bridgehead atoms. The summed E-state index contributed by atoms with van der Waals surface area (Å²) in [6, 6.07) is 8.49. The summed E-state index contributed by atoms with van der Waals surface area (Å²) >= 11 is 0. The molecule has 0 fully saturated rings. The maximum atomic E-state index is 5.99. The molecule has 0 saturated carbocycles. The zero-order valence-corrected chi connectivity index (χ0v) is 11.5. The lowest BCUT2D eigenvalue weighted by molar-refractivity contribution is 0.263. The van der Waals surface area contributed by atoms with Crippen LogP contribution in [0, 0.1) is 6.92 Å². The van der Waals surface area contributed by atoms with Crippen LogP contribution in [0.25, 0.3) is 0 Å². The lowest BCUT2D eigenvalue weighted by Crippen LogP contribution is -2.43. The van der Waals surface area contributed by atoms with Crippen molar-refractivity contribution in [3.8, 4) is 0 Å². The second-order valence-corrected chi connectivity index (χ2v) is 5.09. The summed E-state index contributed by atoms with van der Waals surface area (Å²) in [7, 11) is 2.11. The Hall–Kier alpha value is -0.570. The van der Waals surface area contributed by atoms with Crippen LogP contribution < -0.4 is 5.73 Å². The van der Waals surface area contributed by atoms with E-state index in [0.717, 1.165) is 13.1 Å². The van der Waals surface area contributed by atoms with Crippen molar-refractivity contribution < 1.29 is 0 Å². The fraction of sp³-hybridized carbons (Fsp3) is 0.538. The number of nitrogens with zero attached hydrogens (tertiary/aromatic N) is 1. The Balaban J connectivity index is 0.00000225. The van der Waals surface area contributed by atoms with Crippen LogP contribution in [0.15, 0.2) is 24.3 Å². The molecule has 0 unspecified atom stereocenters. The van der Waals surface area contributed by atoms with E-state index < -0.39 is 0 Å². The Morgan fingerprint density at radius 1 is 1.25 bits per heavy atom. The minimum absolute atomic E-state index is 0. The van der Waals surface area contributed by atoms with Crippen molar-refractivity contribution in [2.75, 3.05) is 13.6 Å². The van der Waals surface area contributed by atoms with E-state index in [1.807, 2.05) is 0 Å². The second-order valence-electron chi connectivity index (χ2n) is 5.09. The van der Waals surface area contributed by atoms with Crippen molar-refractivity contribution >= 4 is 12.4 Å². The number of aryl methyl sites for hydroxylation is 1. The van der Waals surface area contributed by atoms with Gasteiger partial charge in [-0.3, -0.25) is 0 Å². The maximum absolute atomic E-state index is 5.99. The van der Waals surface area contributed by atoms with Gasteiger partial charge in [0.25, 0.3) is 0 Å². The van der Waals surface area contributed by atoms with Crippen LogP contribution in [0.2, 0.25) is 0 Å². The first kappa shape index (κ1) is 15.4. The SMILES string of the molecule is Cc1ccccc1CN(C)CC(C)(C)N.Cl. The standard InChI is InChI=1S/C13H22N2.ClH/c1-11-7-5-6-8-12(11)9-15(4)10-13(2,3)14;/h5-8H,9-10,14H2,1-4H3;1H. The highest BCUT2D eigenvalue weighted by molar-refractivity contribution is 5.85. The van der Waals surface area contributed by atoms with Crippen molar-refractivity contribution in [3.05, 3.63) is 35.4 Å². The molecule has 1 aromatic rings. The van der Waals surface area contributed by atoms with Crippen LogP contribution in [-0.4, -0.2) is 24.0 Å². The first-order chi connectivity index (χ1) is 6.88. The van der Waals surface area contributed by atoms with Gasteiger partial charge in [0.1, 0.15) is 0 Å². The molecule has 0 aliphatic carbocycles. The van der Waals surface area contributed by atoms with E-state index in [1.54, 1.807) is 0 Å². The van der Waals surface area contributed by atoms with E-state index in [4.69, 9.17) is 5.73 Å². The average molecular weight is 243 g/mol. The molecule has 16 heavy (non-hydrogen) atoms. The molecular formula is C13H23ClN2. The predicted molar refractivity (Wildman–Crippen MR) is 73.0 cm³/mol.